The molecule has 0 amide bonds. The molecule has 0 bridgehead atoms. The molecule has 0 aliphatic rings. The zero-order valence-corrected chi connectivity index (χ0v) is 13.9. The maximum absolute atomic E-state index is 5.64. The second-order valence-electron chi connectivity index (χ2n) is 6.45. The highest BCUT2D eigenvalue weighted by Gasteiger charge is 2.34. The van der Waals surface area contributed by atoms with E-state index in [0.29, 0.717) is 11.6 Å². The Morgan fingerprint density at radius 2 is 1.79 bits per heavy atom. The van der Waals surface area contributed by atoms with Crippen LogP contribution in [-0.4, -0.2) is 21.1 Å². The van der Waals surface area contributed by atoms with Crippen LogP contribution in [0, 0.1) is 0 Å². The molecule has 19 heavy (non-hydrogen) atoms. The summed E-state index contributed by atoms with van der Waals surface area (Å²) in [6.07, 6.45) is 2.96. The lowest BCUT2D eigenvalue weighted by molar-refractivity contribution is 0.128. The Hall–Kier alpha value is -0.933. The van der Waals surface area contributed by atoms with Crippen molar-refractivity contribution in [3.8, 4) is 0 Å². The topological polar surface area (TPSA) is 21.6 Å². The van der Waals surface area contributed by atoms with Gasteiger partial charge in [-0.15, -0.1) is 0 Å². The van der Waals surface area contributed by atoms with E-state index in [1.165, 1.54) is 5.56 Å². The second-order valence-corrected chi connectivity index (χ2v) is 11.3. The predicted octanol–water partition coefficient (Wildman–Crippen LogP) is 4.67. The third kappa shape index (κ3) is 5.70. The molecule has 2 nitrogen and oxygen atoms in total. The van der Waals surface area contributed by atoms with Crippen LogP contribution in [-0.2, 0) is 11.3 Å². The smallest absolute Gasteiger partial charge is 0.179 e. The van der Waals surface area contributed by atoms with E-state index in [2.05, 4.69) is 52.2 Å². The highest BCUT2D eigenvalue weighted by molar-refractivity contribution is 6.79. The van der Waals surface area contributed by atoms with Gasteiger partial charge < -0.3 is 9.39 Å². The van der Waals surface area contributed by atoms with Crippen LogP contribution in [0.5, 0.6) is 0 Å². The third-order valence-electron chi connectivity index (χ3n) is 3.75. The van der Waals surface area contributed by atoms with E-state index in [-0.39, 0.29) is 0 Å². The van der Waals surface area contributed by atoms with E-state index in [1.54, 1.807) is 0 Å². The van der Waals surface area contributed by atoms with Crippen LogP contribution in [0.2, 0.25) is 18.1 Å². The van der Waals surface area contributed by atoms with Gasteiger partial charge in [0.05, 0.1) is 13.2 Å². The molecule has 0 N–H and O–H groups in total. The van der Waals surface area contributed by atoms with Crippen molar-refractivity contribution in [2.75, 3.05) is 6.61 Å². The van der Waals surface area contributed by atoms with Gasteiger partial charge in [0.25, 0.3) is 0 Å². The lowest BCUT2D eigenvalue weighted by Crippen LogP contribution is -2.35. The van der Waals surface area contributed by atoms with E-state index >= 15 is 0 Å². The second kappa shape index (κ2) is 7.01. The maximum Gasteiger partial charge on any atom is 0.179 e. The predicted molar refractivity (Wildman–Crippen MR) is 86.4 cm³/mol. The van der Waals surface area contributed by atoms with Crippen molar-refractivity contribution in [1.82, 2.24) is 0 Å². The Balaban J connectivity index is 2.24. The van der Waals surface area contributed by atoms with Gasteiger partial charge in [-0.25, -0.2) is 0 Å². The summed E-state index contributed by atoms with van der Waals surface area (Å²) >= 11 is 0. The highest BCUT2D eigenvalue weighted by atomic mass is 28.3. The molecule has 1 aromatic carbocycles. The van der Waals surface area contributed by atoms with Crippen LogP contribution in [0.4, 0.5) is 0 Å². The molecule has 0 fully saturated rings. The van der Waals surface area contributed by atoms with Crippen molar-refractivity contribution in [2.45, 2.75) is 51.9 Å². The van der Waals surface area contributed by atoms with Crippen LogP contribution in [0.3, 0.4) is 0 Å². The van der Waals surface area contributed by atoms with Crippen molar-refractivity contribution in [3.63, 3.8) is 0 Å². The minimum atomic E-state index is -1.52. The zero-order chi connectivity index (χ0) is 14.4. The maximum atomic E-state index is 5.64. The summed E-state index contributed by atoms with van der Waals surface area (Å²) in [5, 5.41) is 0.314. The number of hydrogen-bond acceptors (Lipinski definition) is 2. The van der Waals surface area contributed by atoms with Crippen molar-refractivity contribution in [3.05, 3.63) is 35.9 Å². The Bertz CT molecular complexity index is 393. The normalized spacial score (nSPS) is 13.1. The van der Waals surface area contributed by atoms with Gasteiger partial charge in [-0.3, -0.25) is 0 Å². The number of hydrogen-bond donors (Lipinski definition) is 0. The third-order valence-corrected chi connectivity index (χ3v) is 8.25. The summed E-state index contributed by atoms with van der Waals surface area (Å²) in [4.78, 5) is 0. The molecule has 0 aliphatic carbocycles. The average molecular weight is 277 g/mol. The molecule has 0 unspecified atom stereocenters. The van der Waals surface area contributed by atoms with Crippen molar-refractivity contribution in [2.24, 2.45) is 4.66 Å². The molecule has 0 heterocycles. The van der Waals surface area contributed by atoms with Gasteiger partial charge in [0.15, 0.2) is 8.24 Å². The van der Waals surface area contributed by atoms with E-state index in [0.717, 1.165) is 13.0 Å². The van der Waals surface area contributed by atoms with Gasteiger partial charge in [-0.2, -0.15) is 0 Å². The van der Waals surface area contributed by atoms with E-state index in [4.69, 9.17) is 9.39 Å². The Morgan fingerprint density at radius 3 is 2.37 bits per heavy atom. The first-order valence-corrected chi connectivity index (χ1v) is 9.93. The standard InChI is InChI=1S/C16H27NOSi/c1-16(2,3)19(4,5)17-12-9-13-18-14-15-10-7-6-8-11-15/h6-8,10-12H,9,13-14H2,1-5H3. The minimum absolute atomic E-state index is 0.314. The highest BCUT2D eigenvalue weighted by Crippen LogP contribution is 2.36. The summed E-state index contributed by atoms with van der Waals surface area (Å²) in [6, 6.07) is 10.3. The molecule has 0 spiro atoms. The van der Waals surface area contributed by atoms with Crippen LogP contribution in [0.25, 0.3) is 0 Å². The summed E-state index contributed by atoms with van der Waals surface area (Å²) in [7, 11) is -1.52. The van der Waals surface area contributed by atoms with Crippen molar-refractivity contribution in [1.29, 1.82) is 0 Å². The van der Waals surface area contributed by atoms with Gasteiger partial charge in [0.2, 0.25) is 0 Å². The average Bonchev–Trinajstić information content (AvgIpc) is 2.33. The van der Waals surface area contributed by atoms with Gasteiger partial charge in [-0.05, 0) is 29.9 Å². The van der Waals surface area contributed by atoms with E-state index in [1.807, 2.05) is 18.2 Å². The molecule has 0 radical (unpaired) electrons. The molecule has 3 heteroatoms. The molecule has 0 aromatic heterocycles. The molecular weight excluding hydrogens is 250 g/mol. The molecule has 0 saturated carbocycles. The van der Waals surface area contributed by atoms with Gasteiger partial charge in [-0.1, -0.05) is 51.1 Å². The molecule has 0 saturated heterocycles. The number of rotatable bonds is 6. The molecule has 1 aromatic rings. The summed E-state index contributed by atoms with van der Waals surface area (Å²) in [5.74, 6) is 0. The van der Waals surface area contributed by atoms with Crippen molar-refractivity contribution < 1.29 is 4.74 Å². The Kier molecular flexibility index (Phi) is 5.95. The molecular formula is C16H27NOSi. The first-order chi connectivity index (χ1) is 8.83. The fourth-order valence-electron chi connectivity index (χ4n) is 1.39. The first kappa shape index (κ1) is 16.1. The Labute approximate surface area is 119 Å². The minimum Gasteiger partial charge on any atom is -0.376 e. The lowest BCUT2D eigenvalue weighted by atomic mass is 10.2. The van der Waals surface area contributed by atoms with E-state index < -0.39 is 8.24 Å². The summed E-state index contributed by atoms with van der Waals surface area (Å²) < 4.78 is 10.5. The quantitative estimate of drug-likeness (QED) is 0.421. The largest absolute Gasteiger partial charge is 0.376 e. The fraction of sp³-hybridized carbons (Fsp3) is 0.562. The van der Waals surface area contributed by atoms with Crippen LogP contribution in [0.15, 0.2) is 35.0 Å². The van der Waals surface area contributed by atoms with Crippen molar-refractivity contribution >= 4 is 14.5 Å². The molecule has 1 rings (SSSR count). The zero-order valence-electron chi connectivity index (χ0n) is 12.9. The number of nitrogens with zero attached hydrogens (tertiary/aromatic N) is 1. The number of benzene rings is 1. The van der Waals surface area contributed by atoms with Gasteiger partial charge in [0, 0.05) is 6.42 Å². The Morgan fingerprint density at radius 1 is 1.16 bits per heavy atom. The van der Waals surface area contributed by atoms with Gasteiger partial charge in [0.1, 0.15) is 0 Å². The summed E-state index contributed by atoms with van der Waals surface area (Å²) in [6.45, 7) is 12.9. The molecule has 0 aliphatic heterocycles. The first-order valence-electron chi connectivity index (χ1n) is 6.98. The number of ether oxygens (including phenoxy) is 1. The van der Waals surface area contributed by atoms with Crippen LogP contribution in [0.1, 0.15) is 32.8 Å². The van der Waals surface area contributed by atoms with Crippen LogP contribution < -0.4 is 0 Å². The van der Waals surface area contributed by atoms with Crippen LogP contribution >= 0.6 is 0 Å². The molecule has 106 valence electrons. The van der Waals surface area contributed by atoms with Gasteiger partial charge >= 0.3 is 0 Å². The monoisotopic (exact) mass is 277 g/mol. The summed E-state index contributed by atoms with van der Waals surface area (Å²) in [5.41, 5.74) is 1.23. The van der Waals surface area contributed by atoms with E-state index in [9.17, 15) is 0 Å². The SMILES string of the molecule is CC(C)(C)[Si](C)(C)N=CCCOCc1ccccc1. The molecule has 0 atom stereocenters. The lowest BCUT2D eigenvalue weighted by Gasteiger charge is -2.32. The fourth-order valence-corrected chi connectivity index (χ4v) is 2.36.